The van der Waals surface area contributed by atoms with Crippen LogP contribution in [0.4, 0.5) is 11.4 Å². The number of carbonyl (C=O) groups excluding carboxylic acids is 3. The molecule has 0 aliphatic rings. The van der Waals surface area contributed by atoms with Crippen molar-refractivity contribution in [1.29, 1.82) is 0 Å². The molecule has 1 amide bonds. The minimum atomic E-state index is -0.809. The van der Waals surface area contributed by atoms with Crippen LogP contribution in [0.3, 0.4) is 0 Å². The number of nitro groups is 1. The zero-order valence-corrected chi connectivity index (χ0v) is 14.9. The van der Waals surface area contributed by atoms with E-state index in [0.29, 0.717) is 0 Å². The van der Waals surface area contributed by atoms with E-state index in [2.05, 4.69) is 14.8 Å². The molecule has 10 heteroatoms. The first kappa shape index (κ1) is 19.9. The van der Waals surface area contributed by atoms with E-state index in [1.807, 2.05) is 0 Å². The van der Waals surface area contributed by atoms with Gasteiger partial charge in [0.25, 0.3) is 11.6 Å². The molecule has 2 rings (SSSR count). The zero-order valence-electron chi connectivity index (χ0n) is 14.1. The quantitative estimate of drug-likeness (QED) is 0.470. The van der Waals surface area contributed by atoms with Gasteiger partial charge in [-0.2, -0.15) is 0 Å². The standard InChI is InChI=1S/C17H13ClN2O7/c1-26-16(22)9-3-5-11(17(23)27-2)14(7-9)19-15(21)12-8-10(20(24)25)4-6-13(12)18/h3-8H,1-2H3,(H,19,21). The lowest BCUT2D eigenvalue weighted by Gasteiger charge is -2.12. The molecule has 0 radical (unpaired) electrons. The number of nitrogens with zero attached hydrogens (tertiary/aromatic N) is 1. The highest BCUT2D eigenvalue weighted by atomic mass is 35.5. The van der Waals surface area contributed by atoms with Gasteiger partial charge >= 0.3 is 11.9 Å². The predicted octanol–water partition coefficient (Wildman–Crippen LogP) is 3.07. The Morgan fingerprint density at radius 2 is 1.67 bits per heavy atom. The number of hydrogen-bond donors (Lipinski definition) is 1. The maximum Gasteiger partial charge on any atom is 0.339 e. The van der Waals surface area contributed by atoms with Gasteiger partial charge in [-0.25, -0.2) is 9.59 Å². The molecule has 2 aromatic carbocycles. The minimum Gasteiger partial charge on any atom is -0.465 e. The lowest BCUT2D eigenvalue weighted by Crippen LogP contribution is -2.17. The smallest absolute Gasteiger partial charge is 0.339 e. The molecular weight excluding hydrogens is 380 g/mol. The van der Waals surface area contributed by atoms with E-state index in [1.165, 1.54) is 31.4 Å². The third-order valence-corrected chi connectivity index (χ3v) is 3.83. The van der Waals surface area contributed by atoms with Gasteiger partial charge in [0.15, 0.2) is 0 Å². The Balaban J connectivity index is 2.47. The summed E-state index contributed by atoms with van der Waals surface area (Å²) in [4.78, 5) is 46.4. The molecule has 0 saturated heterocycles. The Hall–Kier alpha value is -3.46. The van der Waals surface area contributed by atoms with Crippen LogP contribution in [0, 0.1) is 10.1 Å². The summed E-state index contributed by atoms with van der Waals surface area (Å²) in [7, 11) is 2.33. The van der Waals surface area contributed by atoms with Crippen molar-refractivity contribution in [2.75, 3.05) is 19.5 Å². The summed E-state index contributed by atoms with van der Waals surface area (Å²) in [6.45, 7) is 0. The molecule has 0 unspecified atom stereocenters. The monoisotopic (exact) mass is 392 g/mol. The summed E-state index contributed by atoms with van der Waals surface area (Å²) < 4.78 is 9.25. The molecule has 0 atom stereocenters. The second kappa shape index (κ2) is 8.28. The fraction of sp³-hybridized carbons (Fsp3) is 0.118. The van der Waals surface area contributed by atoms with E-state index in [9.17, 15) is 24.5 Å². The number of benzene rings is 2. The molecule has 27 heavy (non-hydrogen) atoms. The van der Waals surface area contributed by atoms with Gasteiger partial charge in [0.2, 0.25) is 0 Å². The van der Waals surface area contributed by atoms with Crippen LogP contribution in [0.2, 0.25) is 5.02 Å². The molecular formula is C17H13ClN2O7. The molecule has 1 N–H and O–H groups in total. The number of nitrogens with one attached hydrogen (secondary N) is 1. The minimum absolute atomic E-state index is 0.0261. The highest BCUT2D eigenvalue weighted by Gasteiger charge is 2.20. The maximum absolute atomic E-state index is 12.5. The number of nitro benzene ring substituents is 1. The number of rotatable bonds is 5. The van der Waals surface area contributed by atoms with E-state index < -0.39 is 22.8 Å². The molecule has 0 saturated carbocycles. The third-order valence-electron chi connectivity index (χ3n) is 3.50. The van der Waals surface area contributed by atoms with E-state index in [1.54, 1.807) is 0 Å². The van der Waals surface area contributed by atoms with E-state index in [0.717, 1.165) is 19.2 Å². The van der Waals surface area contributed by atoms with Crippen molar-refractivity contribution in [1.82, 2.24) is 0 Å². The van der Waals surface area contributed by atoms with Crippen molar-refractivity contribution in [2.24, 2.45) is 0 Å². The fourth-order valence-electron chi connectivity index (χ4n) is 2.17. The highest BCUT2D eigenvalue weighted by Crippen LogP contribution is 2.25. The van der Waals surface area contributed by atoms with Gasteiger partial charge in [0.1, 0.15) is 0 Å². The Morgan fingerprint density at radius 3 is 2.26 bits per heavy atom. The van der Waals surface area contributed by atoms with Gasteiger partial charge in [-0.05, 0) is 24.3 Å². The number of esters is 2. The van der Waals surface area contributed by atoms with Crippen molar-refractivity contribution in [3.05, 3.63) is 68.2 Å². The van der Waals surface area contributed by atoms with Crippen LogP contribution in [0.5, 0.6) is 0 Å². The van der Waals surface area contributed by atoms with Crippen LogP contribution >= 0.6 is 11.6 Å². The van der Waals surface area contributed by atoms with Crippen LogP contribution in [0.25, 0.3) is 0 Å². The molecule has 9 nitrogen and oxygen atoms in total. The number of anilines is 1. The van der Waals surface area contributed by atoms with Gasteiger partial charge in [0.05, 0.1) is 46.5 Å². The Morgan fingerprint density at radius 1 is 1.00 bits per heavy atom. The second-order valence-electron chi connectivity index (χ2n) is 5.12. The molecule has 0 spiro atoms. The lowest BCUT2D eigenvalue weighted by atomic mass is 10.1. The van der Waals surface area contributed by atoms with Gasteiger partial charge in [-0.15, -0.1) is 0 Å². The number of halogens is 1. The van der Waals surface area contributed by atoms with E-state index in [-0.39, 0.29) is 33.1 Å². The van der Waals surface area contributed by atoms with Gasteiger partial charge in [-0.3, -0.25) is 14.9 Å². The van der Waals surface area contributed by atoms with E-state index in [4.69, 9.17) is 11.6 Å². The summed E-state index contributed by atoms with van der Waals surface area (Å²) in [5, 5.41) is 13.3. The summed E-state index contributed by atoms with van der Waals surface area (Å²) in [5.74, 6) is -2.25. The molecule has 2 aromatic rings. The van der Waals surface area contributed by atoms with E-state index >= 15 is 0 Å². The molecule has 0 aliphatic heterocycles. The third kappa shape index (κ3) is 4.39. The first-order valence-corrected chi connectivity index (χ1v) is 7.72. The molecule has 0 aromatic heterocycles. The average molecular weight is 393 g/mol. The molecule has 0 aliphatic carbocycles. The predicted molar refractivity (Wildman–Crippen MR) is 95.2 cm³/mol. The fourth-order valence-corrected chi connectivity index (χ4v) is 2.37. The SMILES string of the molecule is COC(=O)c1ccc(C(=O)OC)c(NC(=O)c2cc([N+](=O)[O-])ccc2Cl)c1. The topological polar surface area (TPSA) is 125 Å². The van der Waals surface area contributed by atoms with Crippen molar-refractivity contribution in [3.63, 3.8) is 0 Å². The van der Waals surface area contributed by atoms with Crippen LogP contribution in [0.1, 0.15) is 31.1 Å². The average Bonchev–Trinajstić information content (AvgIpc) is 2.66. The van der Waals surface area contributed by atoms with Crippen molar-refractivity contribution in [2.45, 2.75) is 0 Å². The largest absolute Gasteiger partial charge is 0.465 e. The highest BCUT2D eigenvalue weighted by molar-refractivity contribution is 6.34. The summed E-state index contributed by atoms with van der Waals surface area (Å²) in [6, 6.07) is 7.19. The number of amides is 1. The first-order valence-electron chi connectivity index (χ1n) is 7.34. The molecule has 0 bridgehead atoms. The van der Waals surface area contributed by atoms with Crippen LogP contribution in [0.15, 0.2) is 36.4 Å². The second-order valence-corrected chi connectivity index (χ2v) is 5.53. The Labute approximate surface area is 158 Å². The first-order chi connectivity index (χ1) is 12.8. The molecule has 140 valence electrons. The van der Waals surface area contributed by atoms with Crippen molar-refractivity contribution >= 4 is 40.8 Å². The van der Waals surface area contributed by atoms with Crippen LogP contribution in [-0.2, 0) is 9.47 Å². The van der Waals surface area contributed by atoms with Crippen molar-refractivity contribution < 1.29 is 28.8 Å². The number of methoxy groups -OCH3 is 2. The van der Waals surface area contributed by atoms with Gasteiger partial charge < -0.3 is 14.8 Å². The summed E-state index contributed by atoms with van der Waals surface area (Å²) in [5.41, 5.74) is -0.505. The van der Waals surface area contributed by atoms with Crippen LogP contribution in [-0.4, -0.2) is 37.0 Å². The number of hydrogen-bond acceptors (Lipinski definition) is 7. The lowest BCUT2D eigenvalue weighted by molar-refractivity contribution is -0.384. The van der Waals surface area contributed by atoms with Gasteiger partial charge in [0, 0.05) is 12.1 Å². The number of ether oxygens (including phenoxy) is 2. The number of carbonyl (C=O) groups is 3. The summed E-state index contributed by atoms with van der Waals surface area (Å²) >= 11 is 5.95. The normalized spacial score (nSPS) is 10.0. The van der Waals surface area contributed by atoms with Crippen molar-refractivity contribution in [3.8, 4) is 0 Å². The molecule has 0 heterocycles. The maximum atomic E-state index is 12.5. The van der Waals surface area contributed by atoms with Gasteiger partial charge in [-0.1, -0.05) is 11.6 Å². The Kier molecular flexibility index (Phi) is 6.09. The zero-order chi connectivity index (χ0) is 20.1. The Bertz CT molecular complexity index is 943. The van der Waals surface area contributed by atoms with Crippen LogP contribution < -0.4 is 5.32 Å². The summed E-state index contributed by atoms with van der Waals surface area (Å²) in [6.07, 6.45) is 0. The number of non-ortho nitro benzene ring substituents is 1. The molecule has 0 fully saturated rings.